The van der Waals surface area contributed by atoms with Crippen LogP contribution in [0.25, 0.3) is 5.57 Å². The van der Waals surface area contributed by atoms with Gasteiger partial charge in [-0.25, -0.2) is 8.78 Å². The molecule has 1 amide bonds. The number of carbonyl (C=O) groups is 1. The maximum absolute atomic E-state index is 14.4. The fraction of sp³-hybridized carbons (Fsp3) is 0.222. The van der Waals surface area contributed by atoms with Crippen molar-refractivity contribution in [1.82, 2.24) is 10.3 Å². The highest BCUT2D eigenvalue weighted by Gasteiger charge is 2.38. The molecule has 2 aromatic rings. The number of nitrogens with zero attached hydrogens (tertiary/aromatic N) is 1. The zero-order valence-electron chi connectivity index (χ0n) is 12.9. The molecule has 0 bridgehead atoms. The van der Waals surface area contributed by atoms with Gasteiger partial charge in [0.05, 0.1) is 12.2 Å². The highest BCUT2D eigenvalue weighted by molar-refractivity contribution is 5.98. The second-order valence-electron chi connectivity index (χ2n) is 5.52. The summed E-state index contributed by atoms with van der Waals surface area (Å²) >= 11 is 0. The van der Waals surface area contributed by atoms with E-state index in [0.29, 0.717) is 16.9 Å². The van der Waals surface area contributed by atoms with Crippen LogP contribution >= 0.6 is 0 Å². The summed E-state index contributed by atoms with van der Waals surface area (Å²) in [6, 6.07) is 12.1. The minimum absolute atomic E-state index is 0.150. The molecule has 0 unspecified atom stereocenters. The molecule has 3 rings (SSSR count). The summed E-state index contributed by atoms with van der Waals surface area (Å²) in [7, 11) is 0. The van der Waals surface area contributed by atoms with Gasteiger partial charge in [0.2, 0.25) is 5.91 Å². The lowest BCUT2D eigenvalue weighted by atomic mass is 9.97. The van der Waals surface area contributed by atoms with E-state index in [9.17, 15) is 13.6 Å². The fourth-order valence-corrected chi connectivity index (χ4v) is 2.60. The maximum atomic E-state index is 14.4. The van der Waals surface area contributed by atoms with Gasteiger partial charge >= 0.3 is 0 Å². The van der Waals surface area contributed by atoms with Gasteiger partial charge in [-0.15, -0.1) is 0 Å². The van der Waals surface area contributed by atoms with Gasteiger partial charge in [0, 0.05) is 42.1 Å². The van der Waals surface area contributed by atoms with Crippen LogP contribution < -0.4 is 10.6 Å². The Balaban J connectivity index is 1.84. The van der Waals surface area contributed by atoms with Gasteiger partial charge in [0.15, 0.2) is 0 Å². The molecular formula is C18H17F2N3O. The molecule has 1 aromatic carbocycles. The molecule has 4 nitrogen and oxygen atoms in total. The number of anilines is 1. The smallest absolute Gasteiger partial charge is 0.275 e. The number of carbonyl (C=O) groups excluding carboxylic acids is 1. The van der Waals surface area contributed by atoms with E-state index in [1.54, 1.807) is 48.7 Å². The van der Waals surface area contributed by atoms with Crippen molar-refractivity contribution >= 4 is 17.2 Å². The Labute approximate surface area is 138 Å². The van der Waals surface area contributed by atoms with E-state index < -0.39 is 11.8 Å². The second kappa shape index (κ2) is 6.78. The molecule has 0 saturated carbocycles. The Kier molecular flexibility index (Phi) is 4.55. The number of fused-ring (bicyclic) bond motifs is 1. The van der Waals surface area contributed by atoms with Crippen LogP contribution in [0.4, 0.5) is 14.5 Å². The average Bonchev–Trinajstić information content (AvgIpc) is 2.71. The number of hydrogen-bond donors (Lipinski definition) is 2. The highest BCUT2D eigenvalue weighted by Crippen LogP contribution is 2.40. The Morgan fingerprint density at radius 2 is 2.04 bits per heavy atom. The first-order chi connectivity index (χ1) is 11.6. The minimum atomic E-state index is -3.07. The van der Waals surface area contributed by atoms with Gasteiger partial charge in [-0.2, -0.15) is 0 Å². The van der Waals surface area contributed by atoms with E-state index >= 15 is 0 Å². The fourth-order valence-electron chi connectivity index (χ4n) is 2.60. The third kappa shape index (κ3) is 3.59. The summed E-state index contributed by atoms with van der Waals surface area (Å²) in [5, 5.41) is 5.58. The number of para-hydroxylation sites is 1. The Hall–Kier alpha value is -2.76. The van der Waals surface area contributed by atoms with Gasteiger partial charge < -0.3 is 10.6 Å². The summed E-state index contributed by atoms with van der Waals surface area (Å²) in [6.45, 7) is 0.339. The van der Waals surface area contributed by atoms with Crippen molar-refractivity contribution in [3.63, 3.8) is 0 Å². The lowest BCUT2D eigenvalue weighted by Gasteiger charge is -2.18. The van der Waals surface area contributed by atoms with Crippen LogP contribution in [0, 0.1) is 0 Å². The first-order valence-electron chi connectivity index (χ1n) is 7.67. The molecule has 1 aromatic heterocycles. The minimum Gasteiger partial charge on any atom is -0.384 e. The molecule has 2 heterocycles. The van der Waals surface area contributed by atoms with Gasteiger partial charge in [-0.3, -0.25) is 9.78 Å². The van der Waals surface area contributed by atoms with Crippen molar-refractivity contribution in [2.24, 2.45) is 0 Å². The number of halogens is 2. The lowest BCUT2D eigenvalue weighted by molar-refractivity contribution is -0.116. The van der Waals surface area contributed by atoms with Crippen LogP contribution in [0.2, 0.25) is 0 Å². The highest BCUT2D eigenvalue weighted by atomic mass is 19.3. The van der Waals surface area contributed by atoms with E-state index in [0.717, 1.165) is 6.08 Å². The standard InChI is InChI=1S/C18H17F2N3O/c19-18(20)8-10-22-16-7-2-1-6-14(16)15(18)11-17(24)23-12-13-5-3-4-9-21-13/h1-7,9,11,22H,8,10,12H2,(H,23,24). The first kappa shape index (κ1) is 16.1. The van der Waals surface area contributed by atoms with Crippen LogP contribution in [0.1, 0.15) is 17.7 Å². The first-order valence-corrected chi connectivity index (χ1v) is 7.67. The molecule has 0 saturated heterocycles. The third-order valence-corrected chi connectivity index (χ3v) is 3.81. The van der Waals surface area contributed by atoms with Crippen molar-refractivity contribution in [3.05, 3.63) is 66.0 Å². The van der Waals surface area contributed by atoms with Crippen molar-refractivity contribution < 1.29 is 13.6 Å². The Morgan fingerprint density at radius 1 is 1.25 bits per heavy atom. The molecule has 0 spiro atoms. The summed E-state index contributed by atoms with van der Waals surface area (Å²) in [5.41, 5.74) is 1.37. The normalized spacial score (nSPS) is 17.5. The van der Waals surface area contributed by atoms with Crippen LogP contribution in [-0.4, -0.2) is 23.4 Å². The zero-order chi connectivity index (χ0) is 17.0. The molecule has 24 heavy (non-hydrogen) atoms. The number of benzene rings is 1. The van der Waals surface area contributed by atoms with E-state index in [-0.39, 0.29) is 25.1 Å². The molecule has 0 atom stereocenters. The lowest BCUT2D eigenvalue weighted by Crippen LogP contribution is -2.25. The van der Waals surface area contributed by atoms with Crippen LogP contribution in [0.5, 0.6) is 0 Å². The summed E-state index contributed by atoms with van der Waals surface area (Å²) < 4.78 is 28.9. The van der Waals surface area contributed by atoms with E-state index in [1.807, 2.05) is 0 Å². The van der Waals surface area contributed by atoms with Gasteiger partial charge in [0.25, 0.3) is 5.92 Å². The molecule has 124 valence electrons. The number of hydrogen-bond acceptors (Lipinski definition) is 3. The number of alkyl halides is 2. The monoisotopic (exact) mass is 329 g/mol. The third-order valence-electron chi connectivity index (χ3n) is 3.81. The largest absolute Gasteiger partial charge is 0.384 e. The number of rotatable bonds is 3. The molecule has 1 aliphatic heterocycles. The van der Waals surface area contributed by atoms with E-state index in [2.05, 4.69) is 15.6 Å². The molecule has 2 N–H and O–H groups in total. The predicted molar refractivity (Wildman–Crippen MR) is 88.6 cm³/mol. The summed E-state index contributed by atoms with van der Waals surface area (Å²) in [6.07, 6.45) is 2.25. The molecule has 0 radical (unpaired) electrons. The number of nitrogens with one attached hydrogen (secondary N) is 2. The van der Waals surface area contributed by atoms with E-state index in [4.69, 9.17) is 0 Å². The molecule has 0 aliphatic carbocycles. The average molecular weight is 329 g/mol. The predicted octanol–water partition coefficient (Wildman–Crippen LogP) is 3.23. The van der Waals surface area contributed by atoms with Gasteiger partial charge in [-0.1, -0.05) is 24.3 Å². The van der Waals surface area contributed by atoms with Crippen molar-refractivity contribution in [1.29, 1.82) is 0 Å². The number of allylic oxidation sites excluding steroid dienone is 1. The molecular weight excluding hydrogens is 312 g/mol. The van der Waals surface area contributed by atoms with Crippen molar-refractivity contribution in [2.75, 3.05) is 11.9 Å². The number of pyridine rings is 1. The quantitative estimate of drug-likeness (QED) is 0.850. The summed E-state index contributed by atoms with van der Waals surface area (Å²) in [4.78, 5) is 16.2. The summed E-state index contributed by atoms with van der Waals surface area (Å²) in [5.74, 6) is -3.63. The van der Waals surface area contributed by atoms with Crippen molar-refractivity contribution in [2.45, 2.75) is 18.9 Å². The van der Waals surface area contributed by atoms with Crippen LogP contribution in [-0.2, 0) is 11.3 Å². The number of aromatic nitrogens is 1. The van der Waals surface area contributed by atoms with Crippen molar-refractivity contribution in [3.8, 4) is 0 Å². The number of amides is 1. The van der Waals surface area contributed by atoms with E-state index in [1.165, 1.54) is 0 Å². The maximum Gasteiger partial charge on any atom is 0.275 e. The topological polar surface area (TPSA) is 54.0 Å². The van der Waals surface area contributed by atoms with Crippen LogP contribution in [0.15, 0.2) is 54.7 Å². The molecule has 0 fully saturated rings. The SMILES string of the molecule is O=C(C=C1c2ccccc2NCCC1(F)F)NCc1ccccn1. The zero-order valence-corrected chi connectivity index (χ0v) is 12.9. The molecule has 6 heteroatoms. The van der Waals surface area contributed by atoms with Gasteiger partial charge in [-0.05, 0) is 18.2 Å². The second-order valence-corrected chi connectivity index (χ2v) is 5.52. The van der Waals surface area contributed by atoms with Gasteiger partial charge in [0.1, 0.15) is 0 Å². The Bertz CT molecular complexity index is 760. The Morgan fingerprint density at radius 3 is 2.83 bits per heavy atom. The van der Waals surface area contributed by atoms with Crippen LogP contribution in [0.3, 0.4) is 0 Å². The molecule has 1 aliphatic rings.